The minimum Gasteiger partial charge on any atom is -0.507 e. The van der Waals surface area contributed by atoms with Crippen molar-refractivity contribution in [2.75, 3.05) is 6.61 Å². The number of esters is 1. The molecule has 0 bridgehead atoms. The van der Waals surface area contributed by atoms with Crippen molar-refractivity contribution < 1.29 is 19.4 Å². The maximum Gasteiger partial charge on any atom is 0.349 e. The van der Waals surface area contributed by atoms with Crippen molar-refractivity contribution >= 4 is 5.97 Å². The number of phenols is 1. The Balaban J connectivity index is 1.88. The third kappa shape index (κ3) is 6.48. The number of ether oxygens (including phenoxy) is 2. The van der Waals surface area contributed by atoms with Gasteiger partial charge in [-0.15, -0.1) is 0 Å². The molecule has 0 atom stereocenters. The first-order valence-corrected chi connectivity index (χ1v) is 9.61. The summed E-state index contributed by atoms with van der Waals surface area (Å²) in [7, 11) is 0. The summed E-state index contributed by atoms with van der Waals surface area (Å²) >= 11 is 0. The van der Waals surface area contributed by atoms with Gasteiger partial charge in [-0.2, -0.15) is 0 Å². The van der Waals surface area contributed by atoms with E-state index in [2.05, 4.69) is 28.8 Å². The molecule has 28 heavy (non-hydrogen) atoms. The van der Waals surface area contributed by atoms with Crippen LogP contribution >= 0.6 is 0 Å². The summed E-state index contributed by atoms with van der Waals surface area (Å²) < 4.78 is 11.1. The molecule has 1 heterocycles. The molecule has 0 saturated carbocycles. The second kappa shape index (κ2) is 10.0. The lowest BCUT2D eigenvalue weighted by molar-refractivity contribution is -0.159. The Bertz CT molecular complexity index is 764. The number of hydrogen-bond acceptors (Lipinski definition) is 7. The van der Waals surface area contributed by atoms with Gasteiger partial charge in [-0.25, -0.2) is 19.7 Å². The molecule has 0 aliphatic heterocycles. The van der Waals surface area contributed by atoms with Gasteiger partial charge in [0.15, 0.2) is 11.4 Å². The van der Waals surface area contributed by atoms with Gasteiger partial charge in [-0.1, -0.05) is 33.1 Å². The summed E-state index contributed by atoms with van der Waals surface area (Å²) in [5.74, 6) is 0.933. The molecule has 0 spiro atoms. The van der Waals surface area contributed by atoms with Crippen molar-refractivity contribution in [2.24, 2.45) is 5.92 Å². The van der Waals surface area contributed by atoms with Crippen LogP contribution in [0.5, 0.6) is 11.5 Å². The van der Waals surface area contributed by atoms with Gasteiger partial charge in [-0.3, -0.25) is 0 Å². The number of unbranched alkanes of at least 4 members (excludes halogenated alkanes) is 2. The summed E-state index contributed by atoms with van der Waals surface area (Å²) in [6.45, 7) is 8.08. The van der Waals surface area contributed by atoms with E-state index in [-0.39, 0.29) is 5.75 Å². The van der Waals surface area contributed by atoms with Gasteiger partial charge in [0.25, 0.3) is 0 Å². The van der Waals surface area contributed by atoms with Gasteiger partial charge in [0.1, 0.15) is 24.2 Å². The molecule has 0 unspecified atom stereocenters. The first-order chi connectivity index (χ1) is 13.3. The quantitative estimate of drug-likeness (QED) is 0.483. The number of benzene rings is 1. The van der Waals surface area contributed by atoms with Crippen molar-refractivity contribution in [1.29, 1.82) is 0 Å². The van der Waals surface area contributed by atoms with Crippen molar-refractivity contribution in [3.63, 3.8) is 0 Å². The monoisotopic (exact) mass is 387 g/mol. The molecule has 2 rings (SSSR count). The normalized spacial score (nSPS) is 11.5. The lowest BCUT2D eigenvalue weighted by atomic mass is 10.1. The van der Waals surface area contributed by atoms with Crippen LogP contribution in [-0.2, 0) is 9.53 Å². The van der Waals surface area contributed by atoms with Gasteiger partial charge in [0, 0.05) is 6.07 Å². The largest absolute Gasteiger partial charge is 0.507 e. The van der Waals surface area contributed by atoms with E-state index < -0.39 is 11.6 Å². The Morgan fingerprint density at radius 3 is 2.50 bits per heavy atom. The first-order valence-electron chi connectivity index (χ1n) is 9.61. The van der Waals surface area contributed by atoms with Crippen LogP contribution in [0.2, 0.25) is 0 Å². The molecular formula is C21H29N3O4. The summed E-state index contributed by atoms with van der Waals surface area (Å²) in [4.78, 5) is 24.1. The fourth-order valence-corrected chi connectivity index (χ4v) is 2.65. The number of phenolic OH excluding ortho intramolecular Hbond substituents is 1. The second-order valence-corrected chi connectivity index (χ2v) is 7.63. The highest BCUT2D eigenvalue weighted by Crippen LogP contribution is 2.31. The molecule has 1 aromatic carbocycles. The van der Waals surface area contributed by atoms with Crippen LogP contribution in [0.1, 0.15) is 53.4 Å². The lowest BCUT2D eigenvalue weighted by Gasteiger charge is -2.24. The first kappa shape index (κ1) is 21.6. The predicted molar refractivity (Wildman–Crippen MR) is 106 cm³/mol. The molecule has 7 heteroatoms. The number of aromatic nitrogens is 3. The molecule has 7 nitrogen and oxygen atoms in total. The minimum absolute atomic E-state index is 0.0435. The van der Waals surface area contributed by atoms with Gasteiger partial charge in [0.2, 0.25) is 0 Å². The van der Waals surface area contributed by atoms with Gasteiger partial charge in [-0.05, 0) is 38.3 Å². The van der Waals surface area contributed by atoms with Crippen LogP contribution in [-0.4, -0.2) is 38.2 Å². The van der Waals surface area contributed by atoms with Crippen molar-refractivity contribution in [3.8, 4) is 22.9 Å². The number of carbonyl (C=O) groups excluding carboxylic acids is 1. The Hall–Kier alpha value is -2.70. The second-order valence-electron chi connectivity index (χ2n) is 7.63. The average Bonchev–Trinajstić information content (AvgIpc) is 2.64. The molecule has 0 fully saturated rings. The molecule has 152 valence electrons. The van der Waals surface area contributed by atoms with Crippen LogP contribution in [0, 0.1) is 5.92 Å². The van der Waals surface area contributed by atoms with E-state index in [0.717, 1.165) is 19.3 Å². The van der Waals surface area contributed by atoms with Gasteiger partial charge >= 0.3 is 5.97 Å². The van der Waals surface area contributed by atoms with Gasteiger partial charge < -0.3 is 14.6 Å². The molecule has 1 aromatic heterocycles. The molecular weight excluding hydrogens is 358 g/mol. The van der Waals surface area contributed by atoms with Crippen molar-refractivity contribution in [3.05, 3.63) is 30.9 Å². The lowest BCUT2D eigenvalue weighted by Crippen LogP contribution is -2.39. The summed E-state index contributed by atoms with van der Waals surface area (Å²) in [6.07, 6.45) is 6.92. The van der Waals surface area contributed by atoms with E-state index in [1.54, 1.807) is 26.0 Å². The summed E-state index contributed by atoms with van der Waals surface area (Å²) in [6, 6.07) is 4.72. The maximum absolute atomic E-state index is 12.3. The highest BCUT2D eigenvalue weighted by atomic mass is 16.6. The maximum atomic E-state index is 12.3. The molecule has 0 amide bonds. The van der Waals surface area contributed by atoms with Crippen LogP contribution in [0.4, 0.5) is 0 Å². The zero-order valence-corrected chi connectivity index (χ0v) is 17.0. The van der Waals surface area contributed by atoms with Gasteiger partial charge in [0.05, 0.1) is 12.2 Å². The average molecular weight is 387 g/mol. The van der Waals surface area contributed by atoms with Crippen LogP contribution in [0.25, 0.3) is 11.4 Å². The number of nitrogens with zero attached hydrogens (tertiary/aromatic N) is 3. The third-order valence-corrected chi connectivity index (χ3v) is 4.23. The highest BCUT2D eigenvalue weighted by molar-refractivity contribution is 5.79. The van der Waals surface area contributed by atoms with E-state index in [9.17, 15) is 9.90 Å². The number of rotatable bonds is 10. The standard InChI is InChI=1S/C21H29N3O4/c1-15(2)8-6-5-7-11-27-20(26)21(3,4)28-16-9-10-17(18(25)12-16)19-23-13-22-14-24-19/h9-10,12-15,25H,5-8,11H2,1-4H3. The zero-order chi connectivity index (χ0) is 20.6. The Morgan fingerprint density at radius 2 is 1.86 bits per heavy atom. The number of aromatic hydroxyl groups is 1. The third-order valence-electron chi connectivity index (χ3n) is 4.23. The SMILES string of the molecule is CC(C)CCCCCOC(=O)C(C)(C)Oc1ccc(-c2ncncn2)c(O)c1. The van der Waals surface area contributed by atoms with E-state index >= 15 is 0 Å². The molecule has 0 aliphatic rings. The molecule has 0 saturated heterocycles. The highest BCUT2D eigenvalue weighted by Gasteiger charge is 2.32. The van der Waals surface area contributed by atoms with E-state index in [1.165, 1.54) is 25.1 Å². The Morgan fingerprint density at radius 1 is 1.14 bits per heavy atom. The van der Waals surface area contributed by atoms with E-state index in [1.807, 2.05) is 0 Å². The summed E-state index contributed by atoms with van der Waals surface area (Å²) in [5, 5.41) is 10.2. The Labute approximate surface area is 166 Å². The molecule has 2 aromatic rings. The van der Waals surface area contributed by atoms with Crippen LogP contribution in [0.3, 0.4) is 0 Å². The van der Waals surface area contributed by atoms with E-state index in [4.69, 9.17) is 9.47 Å². The van der Waals surface area contributed by atoms with Crippen LogP contribution < -0.4 is 4.74 Å². The van der Waals surface area contributed by atoms with Crippen LogP contribution in [0.15, 0.2) is 30.9 Å². The molecule has 1 N–H and O–H groups in total. The number of carbonyl (C=O) groups is 1. The fourth-order valence-electron chi connectivity index (χ4n) is 2.65. The summed E-state index contributed by atoms with van der Waals surface area (Å²) in [5.41, 5.74) is -0.712. The topological polar surface area (TPSA) is 94.4 Å². The molecule has 0 aliphatic carbocycles. The fraction of sp³-hybridized carbons (Fsp3) is 0.524. The van der Waals surface area contributed by atoms with Crippen molar-refractivity contribution in [2.45, 2.75) is 59.0 Å². The van der Waals surface area contributed by atoms with Crippen molar-refractivity contribution in [1.82, 2.24) is 15.0 Å². The Kier molecular flexibility index (Phi) is 7.72. The molecule has 0 radical (unpaired) electrons. The number of hydrogen-bond donors (Lipinski definition) is 1. The van der Waals surface area contributed by atoms with E-state index in [0.29, 0.717) is 29.7 Å². The minimum atomic E-state index is -1.17. The predicted octanol–water partition coefficient (Wildman–Crippen LogP) is 4.16. The smallest absolute Gasteiger partial charge is 0.349 e. The zero-order valence-electron chi connectivity index (χ0n) is 17.0.